The van der Waals surface area contributed by atoms with Crippen LogP contribution in [0.1, 0.15) is 23.6 Å². The van der Waals surface area contributed by atoms with E-state index in [1.54, 1.807) is 19.1 Å². The highest BCUT2D eigenvalue weighted by atomic mass is 32.2. The fraction of sp³-hybridized carbons (Fsp3) is 0.308. The van der Waals surface area contributed by atoms with Crippen LogP contribution in [0.5, 0.6) is 5.75 Å². The Kier molecular flexibility index (Phi) is 9.01. The molecule has 3 aromatic rings. The maximum atomic E-state index is 10.5. The van der Waals surface area contributed by atoms with Crippen LogP contribution in [0, 0.1) is 6.92 Å². The zero-order chi connectivity index (χ0) is 23.8. The Morgan fingerprint density at radius 1 is 0.875 bits per heavy atom. The highest BCUT2D eigenvalue weighted by Gasteiger charge is 2.19. The number of rotatable bonds is 7. The van der Waals surface area contributed by atoms with Gasteiger partial charge in [0, 0.05) is 6.42 Å². The summed E-state index contributed by atoms with van der Waals surface area (Å²) in [5, 5.41) is 0. The smallest absolute Gasteiger partial charge is 0.140 e. The van der Waals surface area contributed by atoms with Crippen LogP contribution in [0.15, 0.2) is 83.8 Å². The molecule has 32 heavy (non-hydrogen) atoms. The Labute approximate surface area is 192 Å². The maximum absolute atomic E-state index is 10.5. The zero-order valence-corrected chi connectivity index (χ0v) is 20.3. The van der Waals surface area contributed by atoms with Crippen molar-refractivity contribution in [3.8, 4) is 5.75 Å². The Morgan fingerprint density at radius 3 is 2.00 bits per heavy atom. The van der Waals surface area contributed by atoms with Gasteiger partial charge < -0.3 is 13.8 Å². The molecule has 0 radical (unpaired) electrons. The minimum absolute atomic E-state index is 0.139. The molecule has 6 heteroatoms. The summed E-state index contributed by atoms with van der Waals surface area (Å²) in [5.41, 5.74) is 3.05. The van der Waals surface area contributed by atoms with Crippen LogP contribution in [0.2, 0.25) is 0 Å². The number of quaternary nitrogens is 1. The van der Waals surface area contributed by atoms with E-state index in [0.29, 0.717) is 11.6 Å². The first-order valence-electron chi connectivity index (χ1n) is 10.6. The number of likely N-dealkylation sites (N-methyl/N-ethyl adjacent to an activating group) is 1. The summed E-state index contributed by atoms with van der Waals surface area (Å²) in [6, 6.07) is 25.4. The van der Waals surface area contributed by atoms with E-state index in [-0.39, 0.29) is 4.90 Å². The van der Waals surface area contributed by atoms with Gasteiger partial charge in [0.25, 0.3) is 0 Å². The van der Waals surface area contributed by atoms with E-state index in [4.69, 9.17) is 4.74 Å². The van der Waals surface area contributed by atoms with Gasteiger partial charge in [-0.15, -0.1) is 0 Å². The SMILES string of the molecule is CC(COc1ccccc1Cc1ccccc1)[N+](C)(C)C.Cc1ccccc1S(=O)(=O)[O-]. The highest BCUT2D eigenvalue weighted by molar-refractivity contribution is 7.85. The predicted molar refractivity (Wildman–Crippen MR) is 128 cm³/mol. The third-order valence-corrected chi connectivity index (χ3v) is 6.37. The topological polar surface area (TPSA) is 66.4 Å². The molecule has 1 atom stereocenters. The summed E-state index contributed by atoms with van der Waals surface area (Å²) in [6.07, 6.45) is 0.912. The number of hydrogen-bond donors (Lipinski definition) is 0. The van der Waals surface area contributed by atoms with Gasteiger partial charge in [0.1, 0.15) is 28.5 Å². The average Bonchev–Trinajstić information content (AvgIpc) is 2.73. The fourth-order valence-electron chi connectivity index (χ4n) is 2.88. The summed E-state index contributed by atoms with van der Waals surface area (Å²) in [4.78, 5) is -0.139. The molecule has 3 rings (SSSR count). The Bertz CT molecular complexity index is 1090. The van der Waals surface area contributed by atoms with Crippen molar-refractivity contribution in [3.05, 3.63) is 95.6 Å². The molecule has 0 fully saturated rings. The van der Waals surface area contributed by atoms with Crippen LogP contribution in [0.4, 0.5) is 0 Å². The van der Waals surface area contributed by atoms with Crippen molar-refractivity contribution < 1.29 is 22.2 Å². The normalized spacial score (nSPS) is 12.4. The molecule has 0 aliphatic carbocycles. The van der Waals surface area contributed by atoms with Crippen LogP contribution >= 0.6 is 0 Å². The number of nitrogens with zero attached hydrogens (tertiary/aromatic N) is 1. The van der Waals surface area contributed by atoms with Gasteiger partial charge in [0.2, 0.25) is 0 Å². The van der Waals surface area contributed by atoms with Crippen molar-refractivity contribution in [1.82, 2.24) is 0 Å². The van der Waals surface area contributed by atoms with E-state index < -0.39 is 10.1 Å². The van der Waals surface area contributed by atoms with Crippen molar-refractivity contribution in [2.24, 2.45) is 0 Å². The standard InChI is InChI=1S/C19H26NO.C7H8O3S/c1-16(20(2,3)4)15-21-19-13-9-8-12-18(19)14-17-10-6-5-7-11-17;1-6-4-2-3-5-7(6)11(8,9)10/h5-13,16H,14-15H2,1-4H3;2-5H,1H3,(H,8,9,10)/q+1;/p-1. The number of ether oxygens (including phenoxy) is 1. The van der Waals surface area contributed by atoms with Crippen molar-refractivity contribution in [1.29, 1.82) is 0 Å². The molecule has 1 unspecified atom stereocenters. The third kappa shape index (κ3) is 8.11. The van der Waals surface area contributed by atoms with Crippen LogP contribution in [-0.4, -0.2) is 51.2 Å². The zero-order valence-electron chi connectivity index (χ0n) is 19.5. The second-order valence-corrected chi connectivity index (χ2v) is 10.1. The van der Waals surface area contributed by atoms with Gasteiger partial charge >= 0.3 is 0 Å². The van der Waals surface area contributed by atoms with E-state index in [1.165, 1.54) is 23.3 Å². The lowest BCUT2D eigenvalue weighted by molar-refractivity contribution is -0.894. The lowest BCUT2D eigenvalue weighted by Gasteiger charge is -2.31. The minimum atomic E-state index is -4.28. The molecule has 0 amide bonds. The van der Waals surface area contributed by atoms with Gasteiger partial charge in [-0.2, -0.15) is 0 Å². The fourth-order valence-corrected chi connectivity index (χ4v) is 3.58. The molecule has 0 aliphatic rings. The van der Waals surface area contributed by atoms with Gasteiger partial charge in [0.15, 0.2) is 0 Å². The summed E-state index contributed by atoms with van der Waals surface area (Å²) in [7, 11) is 2.31. The monoisotopic (exact) mass is 455 g/mol. The lowest BCUT2D eigenvalue weighted by atomic mass is 10.0. The van der Waals surface area contributed by atoms with Crippen LogP contribution < -0.4 is 4.74 Å². The molecular weight excluding hydrogens is 422 g/mol. The number of para-hydroxylation sites is 1. The van der Waals surface area contributed by atoms with Crippen LogP contribution in [0.3, 0.4) is 0 Å². The Morgan fingerprint density at radius 2 is 1.44 bits per heavy atom. The van der Waals surface area contributed by atoms with E-state index in [1.807, 2.05) is 6.07 Å². The molecule has 0 N–H and O–H groups in total. The molecule has 3 aromatic carbocycles. The minimum Gasteiger partial charge on any atom is -0.744 e. The Balaban J connectivity index is 0.000000278. The van der Waals surface area contributed by atoms with Crippen LogP contribution in [0.25, 0.3) is 0 Å². The second kappa shape index (κ2) is 11.3. The molecule has 0 bridgehead atoms. The first-order valence-corrected chi connectivity index (χ1v) is 12.0. The second-order valence-electron chi connectivity index (χ2n) is 8.77. The van der Waals surface area contributed by atoms with Gasteiger partial charge in [0.05, 0.1) is 26.0 Å². The largest absolute Gasteiger partial charge is 0.744 e. The molecule has 172 valence electrons. The summed E-state index contributed by atoms with van der Waals surface area (Å²) < 4.78 is 38.5. The highest BCUT2D eigenvalue weighted by Crippen LogP contribution is 2.22. The number of hydrogen-bond acceptors (Lipinski definition) is 4. The molecular formula is C26H33NO4S. The lowest BCUT2D eigenvalue weighted by Crippen LogP contribution is -2.46. The Hall–Kier alpha value is -2.67. The maximum Gasteiger partial charge on any atom is 0.140 e. The molecule has 0 saturated carbocycles. The first kappa shape index (κ1) is 25.6. The van der Waals surface area contributed by atoms with Crippen molar-refractivity contribution in [2.45, 2.75) is 31.2 Å². The van der Waals surface area contributed by atoms with E-state index in [0.717, 1.165) is 23.3 Å². The van der Waals surface area contributed by atoms with Crippen molar-refractivity contribution in [2.75, 3.05) is 27.7 Å². The van der Waals surface area contributed by atoms with E-state index >= 15 is 0 Å². The van der Waals surface area contributed by atoms with E-state index in [2.05, 4.69) is 76.6 Å². The first-order chi connectivity index (χ1) is 15.0. The van der Waals surface area contributed by atoms with Gasteiger partial charge in [-0.25, -0.2) is 8.42 Å². The summed E-state index contributed by atoms with van der Waals surface area (Å²) in [6.45, 7) is 4.54. The molecule has 0 aromatic heterocycles. The third-order valence-electron chi connectivity index (χ3n) is 5.38. The number of benzene rings is 3. The molecule has 0 saturated heterocycles. The molecule has 5 nitrogen and oxygen atoms in total. The summed E-state index contributed by atoms with van der Waals surface area (Å²) >= 11 is 0. The molecule has 0 heterocycles. The van der Waals surface area contributed by atoms with Crippen molar-refractivity contribution >= 4 is 10.1 Å². The molecule has 0 spiro atoms. The van der Waals surface area contributed by atoms with Gasteiger partial charge in [-0.3, -0.25) is 0 Å². The number of aryl methyl sites for hydroxylation is 1. The van der Waals surface area contributed by atoms with Crippen molar-refractivity contribution in [3.63, 3.8) is 0 Å². The average molecular weight is 456 g/mol. The van der Waals surface area contributed by atoms with Crippen LogP contribution in [-0.2, 0) is 16.5 Å². The van der Waals surface area contributed by atoms with Gasteiger partial charge in [-0.1, -0.05) is 66.7 Å². The summed E-state index contributed by atoms with van der Waals surface area (Å²) in [5.74, 6) is 1.00. The predicted octanol–water partition coefficient (Wildman–Crippen LogP) is 4.65. The quantitative estimate of drug-likeness (QED) is 0.384. The van der Waals surface area contributed by atoms with Gasteiger partial charge in [-0.05, 0) is 42.7 Å². The van der Waals surface area contributed by atoms with E-state index in [9.17, 15) is 13.0 Å². The molecule has 0 aliphatic heterocycles.